The van der Waals surface area contributed by atoms with E-state index in [1.165, 1.54) is 17.4 Å². The Balaban J connectivity index is 1.30. The topological polar surface area (TPSA) is 62.5 Å². The summed E-state index contributed by atoms with van der Waals surface area (Å²) < 4.78 is 5.65. The average Bonchev–Trinajstić information content (AvgIpc) is 3.41. The molecule has 1 aliphatic heterocycles. The third-order valence-corrected chi connectivity index (χ3v) is 5.61. The van der Waals surface area contributed by atoms with E-state index in [0.717, 1.165) is 44.9 Å². The van der Waals surface area contributed by atoms with Crippen molar-refractivity contribution in [2.24, 2.45) is 0 Å². The monoisotopic (exact) mass is 358 g/mol. The normalized spacial score (nSPS) is 19.1. The first-order valence-electron chi connectivity index (χ1n) is 8.79. The van der Waals surface area contributed by atoms with E-state index in [2.05, 4.69) is 27.2 Å². The van der Waals surface area contributed by atoms with Gasteiger partial charge in [-0.05, 0) is 31.9 Å². The zero-order valence-corrected chi connectivity index (χ0v) is 15.1. The summed E-state index contributed by atoms with van der Waals surface area (Å²) in [6, 6.07) is 10.3. The quantitative estimate of drug-likeness (QED) is 0.766. The highest BCUT2D eigenvalue weighted by atomic mass is 32.2. The molecule has 0 N–H and O–H groups in total. The molecule has 2 fully saturated rings. The Hall–Kier alpha value is -2.02. The lowest BCUT2D eigenvalue weighted by atomic mass is 10.2. The zero-order chi connectivity index (χ0) is 17.2. The highest BCUT2D eigenvalue weighted by molar-refractivity contribution is 8.00. The summed E-state index contributed by atoms with van der Waals surface area (Å²) in [6.45, 7) is 5.13. The number of benzene rings is 1. The second-order valence-electron chi connectivity index (χ2n) is 6.59. The third-order valence-electron chi connectivity index (χ3n) is 4.69. The first-order valence-corrected chi connectivity index (χ1v) is 9.67. The van der Waals surface area contributed by atoms with Gasteiger partial charge in [-0.15, -0.1) is 10.2 Å². The van der Waals surface area contributed by atoms with E-state index < -0.39 is 0 Å². The number of thioether (sulfide) groups is 1. The summed E-state index contributed by atoms with van der Waals surface area (Å²) in [4.78, 5) is 17.0. The Kier molecular flexibility index (Phi) is 4.65. The molecule has 0 bridgehead atoms. The number of hydrogen-bond acceptors (Lipinski definition) is 6. The summed E-state index contributed by atoms with van der Waals surface area (Å²) in [5.41, 5.74) is 1.22. The van der Waals surface area contributed by atoms with Gasteiger partial charge in [-0.1, -0.05) is 30.0 Å². The molecule has 1 saturated heterocycles. The predicted octanol–water partition coefficient (Wildman–Crippen LogP) is 2.78. The van der Waals surface area contributed by atoms with Crippen molar-refractivity contribution in [3.05, 3.63) is 36.2 Å². The van der Waals surface area contributed by atoms with Crippen LogP contribution in [0.1, 0.15) is 31.6 Å². The van der Waals surface area contributed by atoms with Crippen molar-refractivity contribution in [3.63, 3.8) is 0 Å². The second-order valence-corrected chi connectivity index (χ2v) is 7.88. The van der Waals surface area contributed by atoms with Crippen LogP contribution in [0.25, 0.3) is 0 Å². The molecule has 25 heavy (non-hydrogen) atoms. The van der Waals surface area contributed by atoms with Crippen LogP contribution in [0.3, 0.4) is 0 Å². The number of carbonyl (C=O) groups is 1. The predicted molar refractivity (Wildman–Crippen MR) is 96.8 cm³/mol. The Morgan fingerprint density at radius 1 is 1.16 bits per heavy atom. The highest BCUT2D eigenvalue weighted by Crippen LogP contribution is 2.40. The maximum absolute atomic E-state index is 12.7. The number of piperazine rings is 1. The first kappa shape index (κ1) is 16.4. The minimum absolute atomic E-state index is 0.142. The standard InChI is InChI=1S/C18H22N4O2S/c1-13(25-18-20-19-16(24-18)14-7-8-14)17(23)22-11-9-21(10-12-22)15-5-3-2-4-6-15/h2-6,13-14H,7-12H2,1H3/t13-/m0/s1. The van der Waals surface area contributed by atoms with Crippen LogP contribution in [-0.2, 0) is 4.79 Å². The van der Waals surface area contributed by atoms with E-state index >= 15 is 0 Å². The number of carbonyl (C=O) groups excluding carboxylic acids is 1. The largest absolute Gasteiger partial charge is 0.416 e. The molecule has 1 atom stereocenters. The SMILES string of the molecule is C[C@H](Sc1nnc(C2CC2)o1)C(=O)N1CCN(c2ccccc2)CC1. The van der Waals surface area contributed by atoms with Crippen LogP contribution in [0.5, 0.6) is 0 Å². The molecule has 7 heteroatoms. The van der Waals surface area contributed by atoms with Crippen molar-refractivity contribution in [2.75, 3.05) is 31.1 Å². The van der Waals surface area contributed by atoms with Crippen molar-refractivity contribution in [1.29, 1.82) is 0 Å². The van der Waals surface area contributed by atoms with Gasteiger partial charge in [0.1, 0.15) is 0 Å². The molecule has 1 aromatic heterocycles. The summed E-state index contributed by atoms with van der Waals surface area (Å²) in [6.07, 6.45) is 2.26. The molecule has 0 unspecified atom stereocenters. The van der Waals surface area contributed by atoms with Crippen LogP contribution in [0.4, 0.5) is 5.69 Å². The highest BCUT2D eigenvalue weighted by Gasteiger charge is 2.31. The van der Waals surface area contributed by atoms with E-state index in [1.807, 2.05) is 30.0 Å². The zero-order valence-electron chi connectivity index (χ0n) is 14.3. The molecule has 2 aliphatic rings. The van der Waals surface area contributed by atoms with E-state index in [0.29, 0.717) is 11.1 Å². The van der Waals surface area contributed by atoms with E-state index in [4.69, 9.17) is 4.42 Å². The van der Waals surface area contributed by atoms with Gasteiger partial charge in [-0.3, -0.25) is 4.79 Å². The van der Waals surface area contributed by atoms with Gasteiger partial charge in [0.25, 0.3) is 5.22 Å². The lowest BCUT2D eigenvalue weighted by Crippen LogP contribution is -2.50. The molecule has 4 rings (SSSR count). The molecular weight excluding hydrogens is 336 g/mol. The maximum Gasteiger partial charge on any atom is 0.277 e. The molecule has 0 spiro atoms. The van der Waals surface area contributed by atoms with Crippen LogP contribution in [-0.4, -0.2) is 52.4 Å². The van der Waals surface area contributed by atoms with Crippen LogP contribution in [0.2, 0.25) is 0 Å². The number of rotatable bonds is 5. The van der Waals surface area contributed by atoms with Crippen molar-refractivity contribution in [3.8, 4) is 0 Å². The molecule has 1 saturated carbocycles. The number of amides is 1. The van der Waals surface area contributed by atoms with Gasteiger partial charge in [0.05, 0.1) is 5.25 Å². The molecule has 2 aromatic rings. The number of para-hydroxylation sites is 1. The number of aromatic nitrogens is 2. The van der Waals surface area contributed by atoms with Crippen molar-refractivity contribution < 1.29 is 9.21 Å². The van der Waals surface area contributed by atoms with E-state index in [1.54, 1.807) is 0 Å². The Morgan fingerprint density at radius 3 is 2.56 bits per heavy atom. The molecule has 6 nitrogen and oxygen atoms in total. The fourth-order valence-corrected chi connectivity index (χ4v) is 3.82. The minimum Gasteiger partial charge on any atom is -0.416 e. The van der Waals surface area contributed by atoms with Gasteiger partial charge in [0.15, 0.2) is 0 Å². The number of nitrogens with zero attached hydrogens (tertiary/aromatic N) is 4. The van der Waals surface area contributed by atoms with Gasteiger partial charge >= 0.3 is 0 Å². The van der Waals surface area contributed by atoms with Crippen molar-refractivity contribution >= 4 is 23.4 Å². The van der Waals surface area contributed by atoms with Gasteiger partial charge < -0.3 is 14.2 Å². The lowest BCUT2D eigenvalue weighted by Gasteiger charge is -2.37. The lowest BCUT2D eigenvalue weighted by molar-refractivity contribution is -0.130. The third kappa shape index (κ3) is 3.81. The molecule has 0 radical (unpaired) electrons. The van der Waals surface area contributed by atoms with Gasteiger partial charge in [-0.2, -0.15) is 0 Å². The molecular formula is C18H22N4O2S. The van der Waals surface area contributed by atoms with E-state index in [-0.39, 0.29) is 11.2 Å². The second kappa shape index (κ2) is 7.07. The van der Waals surface area contributed by atoms with Gasteiger partial charge in [0.2, 0.25) is 11.8 Å². The summed E-state index contributed by atoms with van der Waals surface area (Å²) in [5.74, 6) is 1.31. The van der Waals surface area contributed by atoms with Crippen LogP contribution < -0.4 is 4.90 Å². The average molecular weight is 358 g/mol. The number of anilines is 1. The molecule has 132 valence electrons. The Labute approximate surface area is 151 Å². The van der Waals surface area contributed by atoms with Gasteiger partial charge in [-0.25, -0.2) is 0 Å². The summed E-state index contributed by atoms with van der Waals surface area (Å²) in [7, 11) is 0. The summed E-state index contributed by atoms with van der Waals surface area (Å²) >= 11 is 1.36. The van der Waals surface area contributed by atoms with Crippen molar-refractivity contribution in [2.45, 2.75) is 36.2 Å². The fourth-order valence-electron chi connectivity index (χ4n) is 3.05. The van der Waals surface area contributed by atoms with E-state index in [9.17, 15) is 4.79 Å². The molecule has 1 aromatic carbocycles. The Bertz CT molecular complexity index is 724. The molecule has 2 heterocycles. The number of hydrogen-bond donors (Lipinski definition) is 0. The molecule has 1 amide bonds. The fraction of sp³-hybridized carbons (Fsp3) is 0.500. The maximum atomic E-state index is 12.7. The van der Waals surface area contributed by atoms with Gasteiger partial charge in [0, 0.05) is 37.8 Å². The molecule has 1 aliphatic carbocycles. The van der Waals surface area contributed by atoms with Crippen LogP contribution in [0.15, 0.2) is 40.0 Å². The van der Waals surface area contributed by atoms with Crippen molar-refractivity contribution in [1.82, 2.24) is 15.1 Å². The smallest absolute Gasteiger partial charge is 0.277 e. The Morgan fingerprint density at radius 2 is 1.88 bits per heavy atom. The minimum atomic E-state index is -0.212. The summed E-state index contributed by atoms with van der Waals surface area (Å²) in [5, 5.41) is 8.43. The van der Waals surface area contributed by atoms with Crippen LogP contribution in [0, 0.1) is 0 Å². The first-order chi connectivity index (χ1) is 12.2. The van der Waals surface area contributed by atoms with Crippen LogP contribution >= 0.6 is 11.8 Å².